The lowest BCUT2D eigenvalue weighted by Gasteiger charge is -2.12. The number of hydrogen-bond donors (Lipinski definition) is 0. The van der Waals surface area contributed by atoms with Crippen molar-refractivity contribution in [1.29, 1.82) is 5.26 Å². The Balaban J connectivity index is 3.71. The topological polar surface area (TPSA) is 23.8 Å². The fourth-order valence-corrected chi connectivity index (χ4v) is 2.51. The van der Waals surface area contributed by atoms with E-state index in [0.29, 0.717) is 5.92 Å². The molecule has 0 spiro atoms. The van der Waals surface area contributed by atoms with Crippen LogP contribution < -0.4 is 0 Å². The maximum Gasteiger partial charge on any atom is 0.104 e. The summed E-state index contributed by atoms with van der Waals surface area (Å²) in [6.07, 6.45) is 3.10. The van der Waals surface area contributed by atoms with Crippen molar-refractivity contribution in [3.05, 3.63) is 0 Å². The Morgan fingerprint density at radius 3 is 2.50 bits per heavy atom. The predicted octanol–water partition coefficient (Wildman–Crippen LogP) is 2.94. The van der Waals surface area contributed by atoms with Crippen LogP contribution in [-0.2, 0) is 0 Å². The van der Waals surface area contributed by atoms with Gasteiger partial charge in [0, 0.05) is 0 Å². The monoisotopic (exact) mass is 175 g/mol. The maximum absolute atomic E-state index is 8.67. The van der Waals surface area contributed by atoms with Gasteiger partial charge in [-0.25, -0.2) is 0 Å². The van der Waals surface area contributed by atoms with Gasteiger partial charge in [-0.1, -0.05) is 41.9 Å². The lowest BCUT2D eigenvalue weighted by Crippen LogP contribution is -2.09. The summed E-state index contributed by atoms with van der Waals surface area (Å²) >= 11 is 0. The van der Waals surface area contributed by atoms with Crippen LogP contribution in [0, 0.1) is 17.2 Å². The molecule has 0 N–H and O–H groups in total. The van der Waals surface area contributed by atoms with Crippen molar-refractivity contribution in [2.45, 2.75) is 25.5 Å². The van der Waals surface area contributed by atoms with E-state index in [9.17, 15) is 0 Å². The van der Waals surface area contributed by atoms with E-state index in [-0.39, 0.29) is 5.25 Å². The number of hydrogen-bond acceptors (Lipinski definition) is 3. The van der Waals surface area contributed by atoms with Crippen LogP contribution in [0.4, 0.5) is 0 Å². The summed E-state index contributed by atoms with van der Waals surface area (Å²) in [7, 11) is 3.34. The van der Waals surface area contributed by atoms with Crippen LogP contribution in [-0.4, -0.2) is 11.5 Å². The smallest absolute Gasteiger partial charge is 0.104 e. The van der Waals surface area contributed by atoms with Gasteiger partial charge in [-0.05, 0) is 12.2 Å². The zero-order chi connectivity index (χ0) is 7.98. The SMILES string of the molecule is CCC(C)C(C#N)SSC. The van der Waals surface area contributed by atoms with E-state index in [4.69, 9.17) is 5.26 Å². The highest BCUT2D eigenvalue weighted by molar-refractivity contribution is 8.76. The van der Waals surface area contributed by atoms with E-state index in [1.54, 1.807) is 21.6 Å². The second-order valence-corrected chi connectivity index (χ2v) is 4.81. The summed E-state index contributed by atoms with van der Waals surface area (Å²) in [6, 6.07) is 2.30. The molecule has 0 amide bonds. The van der Waals surface area contributed by atoms with E-state index in [1.165, 1.54) is 0 Å². The van der Waals surface area contributed by atoms with Gasteiger partial charge in [0.2, 0.25) is 0 Å². The lowest BCUT2D eigenvalue weighted by molar-refractivity contribution is 0.591. The highest BCUT2D eigenvalue weighted by Gasteiger charge is 2.14. The summed E-state index contributed by atoms with van der Waals surface area (Å²) in [6.45, 7) is 4.24. The molecule has 0 bridgehead atoms. The Hall–Kier alpha value is 0.190. The number of rotatable bonds is 4. The molecule has 0 radical (unpaired) electrons. The summed E-state index contributed by atoms with van der Waals surface area (Å²) in [5, 5.41) is 8.84. The fourth-order valence-electron chi connectivity index (χ4n) is 0.561. The van der Waals surface area contributed by atoms with E-state index < -0.39 is 0 Å². The Morgan fingerprint density at radius 1 is 1.60 bits per heavy atom. The van der Waals surface area contributed by atoms with Crippen molar-refractivity contribution in [1.82, 2.24) is 0 Å². The van der Waals surface area contributed by atoms with E-state index in [2.05, 4.69) is 19.9 Å². The lowest BCUT2D eigenvalue weighted by atomic mass is 10.1. The van der Waals surface area contributed by atoms with Crippen molar-refractivity contribution < 1.29 is 0 Å². The number of nitriles is 1. The predicted molar refractivity (Wildman–Crippen MR) is 50.0 cm³/mol. The Bertz CT molecular complexity index is 119. The fraction of sp³-hybridized carbons (Fsp3) is 0.857. The first kappa shape index (κ1) is 10.2. The Labute approximate surface area is 71.0 Å². The zero-order valence-electron chi connectivity index (χ0n) is 6.63. The standard InChI is InChI=1S/C7H13NS2/c1-4-6(2)7(5-8)10-9-3/h6-7H,4H2,1-3H3. The van der Waals surface area contributed by atoms with Gasteiger partial charge in [-0.3, -0.25) is 0 Å². The first-order valence-electron chi connectivity index (χ1n) is 3.35. The normalized spacial score (nSPS) is 15.8. The second-order valence-electron chi connectivity index (χ2n) is 2.20. The molecule has 0 aromatic carbocycles. The highest BCUT2D eigenvalue weighted by Crippen LogP contribution is 2.29. The molecule has 0 saturated carbocycles. The molecular formula is C7H13NS2. The minimum absolute atomic E-state index is 0.167. The number of nitrogens with zero attached hydrogens (tertiary/aromatic N) is 1. The molecule has 2 unspecified atom stereocenters. The first-order chi connectivity index (χ1) is 4.76. The van der Waals surface area contributed by atoms with E-state index >= 15 is 0 Å². The molecular weight excluding hydrogens is 162 g/mol. The third-order valence-electron chi connectivity index (χ3n) is 1.49. The molecule has 0 aliphatic rings. The molecule has 0 rings (SSSR count). The van der Waals surface area contributed by atoms with Gasteiger partial charge in [0.25, 0.3) is 0 Å². The van der Waals surface area contributed by atoms with Gasteiger partial charge in [-0.2, -0.15) is 5.26 Å². The third-order valence-corrected chi connectivity index (χ3v) is 3.66. The van der Waals surface area contributed by atoms with E-state index in [1.807, 2.05) is 6.26 Å². The molecule has 0 heterocycles. The van der Waals surface area contributed by atoms with Crippen LogP contribution in [0.3, 0.4) is 0 Å². The van der Waals surface area contributed by atoms with Crippen molar-refractivity contribution in [2.75, 3.05) is 6.26 Å². The zero-order valence-corrected chi connectivity index (χ0v) is 8.26. The Kier molecular flexibility index (Phi) is 6.05. The molecule has 0 aromatic heterocycles. The van der Waals surface area contributed by atoms with Gasteiger partial charge >= 0.3 is 0 Å². The molecule has 0 aromatic rings. The Morgan fingerprint density at radius 2 is 2.20 bits per heavy atom. The average molecular weight is 175 g/mol. The first-order valence-corrected chi connectivity index (χ1v) is 5.97. The average Bonchev–Trinajstić information content (AvgIpc) is 1.99. The summed E-state index contributed by atoms with van der Waals surface area (Å²) in [5.41, 5.74) is 0. The molecule has 0 aliphatic heterocycles. The van der Waals surface area contributed by atoms with Gasteiger partial charge < -0.3 is 0 Å². The van der Waals surface area contributed by atoms with E-state index in [0.717, 1.165) is 6.42 Å². The van der Waals surface area contributed by atoms with Crippen molar-refractivity contribution in [3.8, 4) is 6.07 Å². The third kappa shape index (κ3) is 3.38. The van der Waals surface area contributed by atoms with Crippen LogP contribution in [0.15, 0.2) is 0 Å². The highest BCUT2D eigenvalue weighted by atomic mass is 33.1. The summed E-state index contributed by atoms with van der Waals surface area (Å²) < 4.78 is 0. The summed E-state index contributed by atoms with van der Waals surface area (Å²) in [4.78, 5) is 0. The largest absolute Gasteiger partial charge is 0.197 e. The molecule has 1 nitrogen and oxygen atoms in total. The molecule has 0 aliphatic carbocycles. The van der Waals surface area contributed by atoms with Crippen molar-refractivity contribution in [2.24, 2.45) is 5.92 Å². The van der Waals surface area contributed by atoms with Crippen LogP contribution in [0.5, 0.6) is 0 Å². The van der Waals surface area contributed by atoms with Crippen LogP contribution in [0.1, 0.15) is 20.3 Å². The van der Waals surface area contributed by atoms with Crippen LogP contribution >= 0.6 is 21.6 Å². The molecule has 3 heteroatoms. The quantitative estimate of drug-likeness (QED) is 0.614. The van der Waals surface area contributed by atoms with Gasteiger partial charge in [0.15, 0.2) is 0 Å². The maximum atomic E-state index is 8.67. The van der Waals surface area contributed by atoms with Gasteiger partial charge in [-0.15, -0.1) is 0 Å². The minimum Gasteiger partial charge on any atom is -0.197 e. The molecule has 0 fully saturated rings. The van der Waals surface area contributed by atoms with Crippen molar-refractivity contribution >= 4 is 21.6 Å². The minimum atomic E-state index is 0.167. The van der Waals surface area contributed by atoms with Gasteiger partial charge in [0.1, 0.15) is 5.25 Å². The molecule has 2 atom stereocenters. The second kappa shape index (κ2) is 5.94. The van der Waals surface area contributed by atoms with Crippen LogP contribution in [0.2, 0.25) is 0 Å². The molecule has 10 heavy (non-hydrogen) atoms. The molecule has 0 saturated heterocycles. The summed E-state index contributed by atoms with van der Waals surface area (Å²) in [5.74, 6) is 0.516. The molecule has 58 valence electrons. The van der Waals surface area contributed by atoms with Crippen molar-refractivity contribution in [3.63, 3.8) is 0 Å². The van der Waals surface area contributed by atoms with Crippen LogP contribution in [0.25, 0.3) is 0 Å². The van der Waals surface area contributed by atoms with Gasteiger partial charge in [0.05, 0.1) is 6.07 Å².